The number of nitrogens with zero attached hydrogens (tertiary/aromatic N) is 1. The van der Waals surface area contributed by atoms with Crippen molar-refractivity contribution < 1.29 is 14.3 Å². The number of carbonyl (C=O) groups excluding carboxylic acids is 1. The summed E-state index contributed by atoms with van der Waals surface area (Å²) in [4.78, 5) is 15.0. The fourth-order valence-electron chi connectivity index (χ4n) is 3.03. The summed E-state index contributed by atoms with van der Waals surface area (Å²) in [5.74, 6) is 1.26. The highest BCUT2D eigenvalue weighted by molar-refractivity contribution is 8.27. The highest BCUT2D eigenvalue weighted by atomic mass is 35.5. The molecule has 3 aromatic rings. The smallest absolute Gasteiger partial charge is 0.270 e. The highest BCUT2D eigenvalue weighted by Crippen LogP contribution is 2.36. The number of amides is 1. The molecule has 0 aromatic heterocycles. The van der Waals surface area contributed by atoms with Crippen LogP contribution in [-0.4, -0.2) is 17.3 Å². The fourth-order valence-corrected chi connectivity index (χ4v) is 4.80. The van der Waals surface area contributed by atoms with Gasteiger partial charge >= 0.3 is 0 Å². The van der Waals surface area contributed by atoms with Crippen molar-refractivity contribution in [1.29, 1.82) is 0 Å². The van der Waals surface area contributed by atoms with Gasteiger partial charge in [-0.3, -0.25) is 9.69 Å². The molecule has 0 atom stereocenters. The molecule has 0 N–H and O–H groups in total. The van der Waals surface area contributed by atoms with Crippen molar-refractivity contribution >= 4 is 69.2 Å². The normalized spacial score (nSPS) is 14.8. The van der Waals surface area contributed by atoms with E-state index >= 15 is 0 Å². The first-order chi connectivity index (χ1) is 15.4. The number of thioether (sulfide) groups is 1. The van der Waals surface area contributed by atoms with Gasteiger partial charge in [0.05, 0.1) is 17.7 Å². The molecule has 0 radical (unpaired) electrons. The third kappa shape index (κ3) is 5.10. The summed E-state index contributed by atoms with van der Waals surface area (Å²) >= 11 is 18.8. The Morgan fingerprint density at radius 2 is 1.69 bits per heavy atom. The maximum absolute atomic E-state index is 12.9. The van der Waals surface area contributed by atoms with Crippen molar-refractivity contribution in [3.8, 4) is 11.5 Å². The van der Waals surface area contributed by atoms with E-state index in [1.54, 1.807) is 31.4 Å². The Morgan fingerprint density at radius 3 is 2.34 bits per heavy atom. The van der Waals surface area contributed by atoms with Crippen LogP contribution in [-0.2, 0) is 11.4 Å². The SMILES string of the molecule is COc1ccc(N2C(=O)/C(=C\c3ccc(OCc4ccc(Cl)cc4Cl)cc3)SC2=S)cc1. The number of ether oxygens (including phenoxy) is 2. The number of carbonyl (C=O) groups is 1. The molecule has 4 nitrogen and oxygen atoms in total. The second-order valence-electron chi connectivity index (χ2n) is 6.81. The fraction of sp³-hybridized carbons (Fsp3) is 0.0833. The van der Waals surface area contributed by atoms with Gasteiger partial charge in [-0.25, -0.2) is 0 Å². The van der Waals surface area contributed by atoms with Gasteiger partial charge in [0.25, 0.3) is 5.91 Å². The van der Waals surface area contributed by atoms with Gasteiger partial charge in [0.2, 0.25) is 0 Å². The van der Waals surface area contributed by atoms with Crippen LogP contribution in [0.3, 0.4) is 0 Å². The Hall–Kier alpha value is -2.51. The summed E-state index contributed by atoms with van der Waals surface area (Å²) in [5, 5.41) is 1.15. The van der Waals surface area contributed by atoms with E-state index in [2.05, 4.69) is 0 Å². The number of methoxy groups -OCH3 is 1. The van der Waals surface area contributed by atoms with Gasteiger partial charge in [0.1, 0.15) is 18.1 Å². The van der Waals surface area contributed by atoms with Crippen molar-refractivity contribution in [3.05, 3.63) is 92.8 Å². The molecule has 1 fully saturated rings. The third-order valence-corrected chi connectivity index (χ3v) is 6.60. The van der Waals surface area contributed by atoms with Crippen LogP contribution in [0.25, 0.3) is 6.08 Å². The molecule has 0 bridgehead atoms. The zero-order valence-corrected chi connectivity index (χ0v) is 20.0. The van der Waals surface area contributed by atoms with Crippen LogP contribution in [0.4, 0.5) is 5.69 Å². The molecule has 0 saturated carbocycles. The van der Waals surface area contributed by atoms with Crippen molar-refractivity contribution in [3.63, 3.8) is 0 Å². The highest BCUT2D eigenvalue weighted by Gasteiger charge is 2.33. The van der Waals surface area contributed by atoms with E-state index in [0.29, 0.717) is 37.3 Å². The second-order valence-corrected chi connectivity index (χ2v) is 9.33. The van der Waals surface area contributed by atoms with Gasteiger partial charge in [-0.15, -0.1) is 0 Å². The monoisotopic (exact) mass is 501 g/mol. The van der Waals surface area contributed by atoms with Crippen LogP contribution < -0.4 is 14.4 Å². The molecule has 0 aliphatic carbocycles. The molecule has 0 unspecified atom stereocenters. The molecule has 1 saturated heterocycles. The molecule has 1 aliphatic heterocycles. The first-order valence-corrected chi connectivity index (χ1v) is 11.5. The van der Waals surface area contributed by atoms with Crippen LogP contribution in [0.2, 0.25) is 10.0 Å². The molecular weight excluding hydrogens is 485 g/mol. The Balaban J connectivity index is 1.44. The van der Waals surface area contributed by atoms with E-state index in [9.17, 15) is 4.79 Å². The topological polar surface area (TPSA) is 38.8 Å². The predicted molar refractivity (Wildman–Crippen MR) is 136 cm³/mol. The van der Waals surface area contributed by atoms with Gasteiger partial charge in [0, 0.05) is 15.6 Å². The lowest BCUT2D eigenvalue weighted by molar-refractivity contribution is -0.113. The summed E-state index contributed by atoms with van der Waals surface area (Å²) in [6.07, 6.45) is 1.82. The minimum atomic E-state index is -0.150. The van der Waals surface area contributed by atoms with Crippen molar-refractivity contribution in [2.45, 2.75) is 6.61 Å². The summed E-state index contributed by atoms with van der Waals surface area (Å²) in [7, 11) is 1.60. The second kappa shape index (κ2) is 9.96. The van der Waals surface area contributed by atoms with Crippen molar-refractivity contribution in [1.82, 2.24) is 0 Å². The average molecular weight is 502 g/mol. The Morgan fingerprint density at radius 1 is 1.00 bits per heavy atom. The van der Waals surface area contributed by atoms with Gasteiger partial charge in [-0.2, -0.15) is 0 Å². The molecular formula is C24H17Cl2NO3S2. The Labute approximate surface area is 205 Å². The zero-order chi connectivity index (χ0) is 22.7. The van der Waals surface area contributed by atoms with Crippen LogP contribution in [0.1, 0.15) is 11.1 Å². The first kappa shape index (κ1) is 22.7. The van der Waals surface area contributed by atoms with Gasteiger partial charge in [-0.1, -0.05) is 65.4 Å². The van der Waals surface area contributed by atoms with Crippen LogP contribution >= 0.6 is 47.2 Å². The Bertz CT molecular complexity index is 1190. The van der Waals surface area contributed by atoms with Crippen LogP contribution in [0.5, 0.6) is 11.5 Å². The van der Waals surface area contributed by atoms with Gasteiger partial charge in [0.15, 0.2) is 4.32 Å². The molecule has 0 spiro atoms. The average Bonchev–Trinajstić information content (AvgIpc) is 3.07. The molecule has 3 aromatic carbocycles. The van der Waals surface area contributed by atoms with E-state index in [1.807, 2.05) is 48.5 Å². The molecule has 1 aliphatic rings. The van der Waals surface area contributed by atoms with Gasteiger partial charge in [-0.05, 0) is 60.2 Å². The third-order valence-electron chi connectivity index (χ3n) is 4.71. The van der Waals surface area contributed by atoms with Crippen molar-refractivity contribution in [2.24, 2.45) is 0 Å². The number of anilines is 1. The molecule has 4 rings (SSSR count). The standard InChI is InChI=1S/C24H17Cl2NO3S2/c1-29-19-10-6-18(7-11-19)27-23(28)22(32-24(27)31)12-15-2-8-20(9-3-15)30-14-16-4-5-17(25)13-21(16)26/h2-13H,14H2,1H3/b22-12+. The zero-order valence-electron chi connectivity index (χ0n) is 16.9. The largest absolute Gasteiger partial charge is 0.497 e. The number of halogens is 2. The van der Waals surface area contributed by atoms with E-state index in [4.69, 9.17) is 44.9 Å². The molecule has 1 amide bonds. The molecule has 1 heterocycles. The number of thiocarbonyl (C=S) groups is 1. The van der Waals surface area contributed by atoms with E-state index in [0.717, 1.165) is 16.9 Å². The predicted octanol–water partition coefficient (Wildman–Crippen LogP) is 6.99. The summed E-state index contributed by atoms with van der Waals surface area (Å²) < 4.78 is 11.5. The van der Waals surface area contributed by atoms with Crippen LogP contribution in [0.15, 0.2) is 71.6 Å². The summed E-state index contributed by atoms with van der Waals surface area (Å²) in [5.41, 5.74) is 2.43. The lowest BCUT2D eigenvalue weighted by Crippen LogP contribution is -2.27. The lowest BCUT2D eigenvalue weighted by Gasteiger charge is -2.14. The minimum absolute atomic E-state index is 0.150. The molecule has 162 valence electrons. The van der Waals surface area contributed by atoms with E-state index in [1.165, 1.54) is 16.7 Å². The van der Waals surface area contributed by atoms with Crippen LogP contribution in [0, 0.1) is 0 Å². The quantitative estimate of drug-likeness (QED) is 0.269. The number of hydrogen-bond acceptors (Lipinski definition) is 5. The molecule has 8 heteroatoms. The number of benzene rings is 3. The number of rotatable bonds is 6. The van der Waals surface area contributed by atoms with Crippen molar-refractivity contribution in [2.75, 3.05) is 12.0 Å². The summed E-state index contributed by atoms with van der Waals surface area (Å²) in [6.45, 7) is 0.329. The lowest BCUT2D eigenvalue weighted by atomic mass is 10.2. The van der Waals surface area contributed by atoms with E-state index in [-0.39, 0.29) is 5.91 Å². The molecule has 32 heavy (non-hydrogen) atoms. The number of hydrogen-bond donors (Lipinski definition) is 0. The first-order valence-electron chi connectivity index (χ1n) is 9.53. The maximum Gasteiger partial charge on any atom is 0.270 e. The van der Waals surface area contributed by atoms with Gasteiger partial charge < -0.3 is 9.47 Å². The Kier molecular flexibility index (Phi) is 7.06. The summed E-state index contributed by atoms with van der Waals surface area (Å²) in [6, 6.07) is 20.0. The van der Waals surface area contributed by atoms with E-state index < -0.39 is 0 Å². The minimum Gasteiger partial charge on any atom is -0.497 e. The maximum atomic E-state index is 12.9.